The Morgan fingerprint density at radius 3 is 2.75 bits per heavy atom. The lowest BCUT2D eigenvalue weighted by atomic mass is 10.1. The summed E-state index contributed by atoms with van der Waals surface area (Å²) >= 11 is 0. The molecule has 0 aliphatic rings. The van der Waals surface area contributed by atoms with Crippen LogP contribution in [0.2, 0.25) is 0 Å². The summed E-state index contributed by atoms with van der Waals surface area (Å²) < 4.78 is 1.90. The van der Waals surface area contributed by atoms with Gasteiger partial charge in [-0.3, -0.25) is 0 Å². The van der Waals surface area contributed by atoms with Crippen molar-refractivity contribution in [2.75, 3.05) is 0 Å². The molecule has 3 heteroatoms. The molecule has 0 fully saturated rings. The first-order valence-corrected chi connectivity index (χ1v) is 5.60. The molecule has 2 aromatic rings. The Balaban J connectivity index is 2.08. The topological polar surface area (TPSA) is 43.8 Å². The molecule has 0 spiro atoms. The number of hydrogen-bond donors (Lipinski definition) is 1. The number of benzene rings is 1. The summed E-state index contributed by atoms with van der Waals surface area (Å²) in [7, 11) is 0. The van der Waals surface area contributed by atoms with Crippen LogP contribution < -0.4 is 5.73 Å². The Kier molecular flexibility index (Phi) is 3.37. The molecule has 2 rings (SSSR count). The highest BCUT2D eigenvalue weighted by Gasteiger charge is 2.01. The van der Waals surface area contributed by atoms with E-state index in [-0.39, 0.29) is 6.04 Å². The first-order valence-electron chi connectivity index (χ1n) is 5.60. The number of nitrogens with zero attached hydrogens (tertiary/aromatic N) is 2. The number of hydrogen-bond acceptors (Lipinski definition) is 2. The van der Waals surface area contributed by atoms with Gasteiger partial charge in [-0.05, 0) is 37.5 Å². The molecular formula is C13H17N3. The lowest BCUT2D eigenvalue weighted by Gasteiger charge is -2.02. The second-order valence-corrected chi connectivity index (χ2v) is 4.14. The van der Waals surface area contributed by atoms with Crippen molar-refractivity contribution in [2.24, 2.45) is 5.73 Å². The van der Waals surface area contributed by atoms with E-state index in [1.807, 2.05) is 48.1 Å². The summed E-state index contributed by atoms with van der Waals surface area (Å²) in [6.45, 7) is 2.03. The van der Waals surface area contributed by atoms with E-state index in [2.05, 4.69) is 11.3 Å². The molecule has 2 N–H and O–H groups in total. The molecule has 0 aliphatic heterocycles. The van der Waals surface area contributed by atoms with Crippen LogP contribution in [0.15, 0.2) is 42.7 Å². The average molecular weight is 215 g/mol. The quantitative estimate of drug-likeness (QED) is 0.849. The normalized spacial score (nSPS) is 12.6. The molecule has 1 atom stereocenters. The van der Waals surface area contributed by atoms with Gasteiger partial charge in [0.15, 0.2) is 0 Å². The largest absolute Gasteiger partial charge is 0.328 e. The molecule has 1 aromatic carbocycles. The summed E-state index contributed by atoms with van der Waals surface area (Å²) in [5.74, 6) is 0. The second kappa shape index (κ2) is 4.94. The van der Waals surface area contributed by atoms with Gasteiger partial charge in [-0.2, -0.15) is 5.10 Å². The second-order valence-electron chi connectivity index (χ2n) is 4.14. The smallest absolute Gasteiger partial charge is 0.0645 e. The van der Waals surface area contributed by atoms with Crippen LogP contribution in [0.25, 0.3) is 5.69 Å². The van der Waals surface area contributed by atoms with Gasteiger partial charge in [-0.25, -0.2) is 4.68 Å². The maximum atomic E-state index is 5.73. The van der Waals surface area contributed by atoms with Crippen molar-refractivity contribution in [1.29, 1.82) is 0 Å². The van der Waals surface area contributed by atoms with Crippen LogP contribution in [0.4, 0.5) is 0 Å². The molecular weight excluding hydrogens is 198 g/mol. The number of rotatable bonds is 4. The van der Waals surface area contributed by atoms with Crippen LogP contribution in [-0.2, 0) is 6.42 Å². The molecule has 0 amide bonds. The van der Waals surface area contributed by atoms with Gasteiger partial charge in [0.2, 0.25) is 0 Å². The predicted molar refractivity (Wildman–Crippen MR) is 65.5 cm³/mol. The fourth-order valence-corrected chi connectivity index (χ4v) is 1.61. The zero-order valence-corrected chi connectivity index (χ0v) is 9.50. The highest BCUT2D eigenvalue weighted by atomic mass is 15.3. The van der Waals surface area contributed by atoms with Crippen LogP contribution in [0, 0.1) is 0 Å². The molecule has 84 valence electrons. The van der Waals surface area contributed by atoms with E-state index in [1.54, 1.807) is 0 Å². The lowest BCUT2D eigenvalue weighted by Crippen LogP contribution is -2.15. The Labute approximate surface area is 95.9 Å². The maximum Gasteiger partial charge on any atom is 0.0645 e. The van der Waals surface area contributed by atoms with E-state index in [1.165, 1.54) is 5.56 Å². The van der Waals surface area contributed by atoms with E-state index in [0.29, 0.717) is 0 Å². The van der Waals surface area contributed by atoms with E-state index < -0.39 is 0 Å². The minimum absolute atomic E-state index is 0.250. The average Bonchev–Trinajstić information content (AvgIpc) is 2.76. The number of para-hydroxylation sites is 1. The Morgan fingerprint density at radius 2 is 2.06 bits per heavy atom. The lowest BCUT2D eigenvalue weighted by molar-refractivity contribution is 0.666. The zero-order chi connectivity index (χ0) is 11.4. The highest BCUT2D eigenvalue weighted by molar-refractivity contribution is 5.30. The molecule has 0 saturated carbocycles. The van der Waals surface area contributed by atoms with Gasteiger partial charge >= 0.3 is 0 Å². The minimum atomic E-state index is 0.250. The molecule has 0 radical (unpaired) electrons. The summed E-state index contributed by atoms with van der Waals surface area (Å²) in [4.78, 5) is 0. The molecule has 3 nitrogen and oxygen atoms in total. The van der Waals surface area contributed by atoms with Crippen molar-refractivity contribution in [2.45, 2.75) is 25.8 Å². The standard InChI is InChI=1S/C13H17N3/c1-11(14)7-8-12-9-15-16(10-12)13-5-3-2-4-6-13/h2-6,9-11H,7-8,14H2,1H3/t11-/m1/s1. The molecule has 16 heavy (non-hydrogen) atoms. The molecule has 0 bridgehead atoms. The molecule has 1 aromatic heterocycles. The monoisotopic (exact) mass is 215 g/mol. The number of nitrogens with two attached hydrogens (primary N) is 1. The predicted octanol–water partition coefficient (Wildman–Crippen LogP) is 2.15. The van der Waals surface area contributed by atoms with Crippen molar-refractivity contribution in [3.8, 4) is 5.69 Å². The van der Waals surface area contributed by atoms with Crippen LogP contribution in [0.3, 0.4) is 0 Å². The Bertz CT molecular complexity index is 431. The van der Waals surface area contributed by atoms with Gasteiger partial charge in [0.25, 0.3) is 0 Å². The third-order valence-electron chi connectivity index (χ3n) is 2.55. The van der Waals surface area contributed by atoms with Crippen LogP contribution in [-0.4, -0.2) is 15.8 Å². The van der Waals surface area contributed by atoms with Crippen molar-refractivity contribution < 1.29 is 0 Å². The summed E-state index contributed by atoms with van der Waals surface area (Å²) in [6, 6.07) is 10.4. The maximum absolute atomic E-state index is 5.73. The zero-order valence-electron chi connectivity index (χ0n) is 9.50. The molecule has 0 unspecified atom stereocenters. The molecule has 0 saturated heterocycles. The van der Waals surface area contributed by atoms with Crippen molar-refractivity contribution in [3.05, 3.63) is 48.3 Å². The first-order chi connectivity index (χ1) is 7.75. The summed E-state index contributed by atoms with van der Waals surface area (Å²) in [6.07, 6.45) is 5.97. The van der Waals surface area contributed by atoms with Crippen molar-refractivity contribution >= 4 is 0 Å². The number of aryl methyl sites for hydroxylation is 1. The van der Waals surface area contributed by atoms with E-state index in [4.69, 9.17) is 5.73 Å². The fourth-order valence-electron chi connectivity index (χ4n) is 1.61. The molecule has 0 aliphatic carbocycles. The van der Waals surface area contributed by atoms with Crippen molar-refractivity contribution in [3.63, 3.8) is 0 Å². The van der Waals surface area contributed by atoms with Crippen LogP contribution >= 0.6 is 0 Å². The van der Waals surface area contributed by atoms with Crippen LogP contribution in [0.1, 0.15) is 18.9 Å². The van der Waals surface area contributed by atoms with Crippen molar-refractivity contribution in [1.82, 2.24) is 9.78 Å². The Hall–Kier alpha value is -1.61. The third kappa shape index (κ3) is 2.70. The number of aromatic nitrogens is 2. The fraction of sp³-hybridized carbons (Fsp3) is 0.308. The summed E-state index contributed by atoms with van der Waals surface area (Å²) in [5, 5.41) is 4.34. The Morgan fingerprint density at radius 1 is 1.31 bits per heavy atom. The van der Waals surface area contributed by atoms with E-state index in [9.17, 15) is 0 Å². The van der Waals surface area contributed by atoms with Gasteiger partial charge in [0.05, 0.1) is 11.9 Å². The third-order valence-corrected chi connectivity index (χ3v) is 2.55. The van der Waals surface area contributed by atoms with Gasteiger partial charge in [0, 0.05) is 12.2 Å². The molecule has 1 heterocycles. The van der Waals surface area contributed by atoms with Gasteiger partial charge < -0.3 is 5.73 Å². The van der Waals surface area contributed by atoms with Gasteiger partial charge in [0.1, 0.15) is 0 Å². The van der Waals surface area contributed by atoms with Gasteiger partial charge in [-0.1, -0.05) is 18.2 Å². The highest BCUT2D eigenvalue weighted by Crippen LogP contribution is 2.09. The summed E-state index contributed by atoms with van der Waals surface area (Å²) in [5.41, 5.74) is 8.06. The van der Waals surface area contributed by atoms with E-state index in [0.717, 1.165) is 18.5 Å². The SMILES string of the molecule is C[C@@H](N)CCc1cnn(-c2ccccc2)c1. The van der Waals surface area contributed by atoms with Gasteiger partial charge in [-0.15, -0.1) is 0 Å². The van der Waals surface area contributed by atoms with Crippen LogP contribution in [0.5, 0.6) is 0 Å². The first kappa shape index (κ1) is 10.9. The minimum Gasteiger partial charge on any atom is -0.328 e. The van der Waals surface area contributed by atoms with E-state index >= 15 is 0 Å².